The van der Waals surface area contributed by atoms with Crippen LogP contribution in [0.15, 0.2) is 48.8 Å². The lowest BCUT2D eigenvalue weighted by Crippen LogP contribution is -2.47. The van der Waals surface area contributed by atoms with Crippen molar-refractivity contribution in [3.05, 3.63) is 75.6 Å². The van der Waals surface area contributed by atoms with Gasteiger partial charge >= 0.3 is 11.6 Å². The highest BCUT2D eigenvalue weighted by Crippen LogP contribution is 2.37. The highest BCUT2D eigenvalue weighted by Gasteiger charge is 2.31. The average molecular weight is 448 g/mol. The van der Waals surface area contributed by atoms with Crippen LogP contribution in [-0.2, 0) is 0 Å². The molecule has 3 aromatic rings. The topological polar surface area (TPSA) is 84.6 Å². The minimum absolute atomic E-state index is 0.0424. The first-order valence-corrected chi connectivity index (χ1v) is 11.2. The molecule has 0 N–H and O–H groups in total. The summed E-state index contributed by atoms with van der Waals surface area (Å²) < 4.78 is 5.83. The third kappa shape index (κ3) is 4.74. The fraction of sp³-hybridized carbons (Fsp3) is 0.360. The van der Waals surface area contributed by atoms with E-state index in [4.69, 9.17) is 4.74 Å². The molecule has 0 aliphatic carbocycles. The largest absolute Gasteiger partial charge is 0.434 e. The molecule has 0 unspecified atom stereocenters. The second kappa shape index (κ2) is 9.44. The van der Waals surface area contributed by atoms with Crippen molar-refractivity contribution in [2.75, 3.05) is 36.0 Å². The van der Waals surface area contributed by atoms with Crippen molar-refractivity contribution in [3.8, 4) is 11.6 Å². The van der Waals surface area contributed by atoms with Gasteiger partial charge in [-0.25, -0.2) is 4.98 Å². The molecule has 0 atom stereocenters. The molecule has 2 aromatic carbocycles. The van der Waals surface area contributed by atoms with Crippen LogP contribution < -0.4 is 14.5 Å². The summed E-state index contributed by atoms with van der Waals surface area (Å²) in [6.45, 7) is 11.2. The van der Waals surface area contributed by atoms with Crippen LogP contribution >= 0.6 is 0 Å². The van der Waals surface area contributed by atoms with Gasteiger partial charge in [0, 0.05) is 31.9 Å². The number of nitro groups is 1. The third-order valence-corrected chi connectivity index (χ3v) is 6.21. The van der Waals surface area contributed by atoms with E-state index in [1.165, 1.54) is 28.7 Å². The fourth-order valence-electron chi connectivity index (χ4n) is 4.09. The molecule has 0 bridgehead atoms. The van der Waals surface area contributed by atoms with Crippen LogP contribution in [0.1, 0.15) is 36.5 Å². The normalized spacial score (nSPS) is 14.0. The van der Waals surface area contributed by atoms with E-state index in [1.807, 2.05) is 29.2 Å². The van der Waals surface area contributed by atoms with E-state index in [1.54, 1.807) is 0 Å². The molecule has 8 nitrogen and oxygen atoms in total. The smallest absolute Gasteiger partial charge is 0.373 e. The predicted octanol–water partition coefficient (Wildman–Crippen LogP) is 5.24. The number of aryl methyl sites for hydroxylation is 1. The Morgan fingerprint density at radius 2 is 1.64 bits per heavy atom. The van der Waals surface area contributed by atoms with Crippen molar-refractivity contribution in [2.24, 2.45) is 0 Å². The van der Waals surface area contributed by atoms with Crippen LogP contribution in [0.5, 0.6) is 11.6 Å². The fourth-order valence-corrected chi connectivity index (χ4v) is 4.09. The summed E-state index contributed by atoms with van der Waals surface area (Å²) in [7, 11) is 0. The van der Waals surface area contributed by atoms with E-state index in [0.29, 0.717) is 30.6 Å². The Morgan fingerprint density at radius 3 is 2.27 bits per heavy atom. The zero-order valence-corrected chi connectivity index (χ0v) is 19.5. The van der Waals surface area contributed by atoms with E-state index in [9.17, 15) is 10.1 Å². The van der Waals surface area contributed by atoms with Crippen LogP contribution in [-0.4, -0.2) is 41.1 Å². The number of hydrogen-bond acceptors (Lipinski definition) is 7. The summed E-state index contributed by atoms with van der Waals surface area (Å²) in [4.78, 5) is 24.1. The van der Waals surface area contributed by atoms with Crippen molar-refractivity contribution in [3.63, 3.8) is 0 Å². The minimum atomic E-state index is -0.454. The summed E-state index contributed by atoms with van der Waals surface area (Å²) in [5, 5.41) is 12.0. The van der Waals surface area contributed by atoms with Gasteiger partial charge in [-0.15, -0.1) is 0 Å². The Bertz CT molecular complexity index is 1140. The maximum absolute atomic E-state index is 12.0. The summed E-state index contributed by atoms with van der Waals surface area (Å²) in [5.41, 5.74) is 4.69. The highest BCUT2D eigenvalue weighted by molar-refractivity contribution is 5.65. The first-order valence-electron chi connectivity index (χ1n) is 11.2. The van der Waals surface area contributed by atoms with Crippen LogP contribution in [0.2, 0.25) is 0 Å². The summed E-state index contributed by atoms with van der Waals surface area (Å²) >= 11 is 0. The Hall–Kier alpha value is -3.68. The number of benzene rings is 2. The van der Waals surface area contributed by atoms with E-state index in [2.05, 4.69) is 60.8 Å². The van der Waals surface area contributed by atoms with Gasteiger partial charge in [0.15, 0.2) is 0 Å². The molecule has 0 amide bonds. The van der Waals surface area contributed by atoms with E-state index >= 15 is 0 Å². The first-order chi connectivity index (χ1) is 15.8. The minimum Gasteiger partial charge on any atom is -0.434 e. The molecule has 0 spiro atoms. The van der Waals surface area contributed by atoms with Gasteiger partial charge in [-0.3, -0.25) is 10.1 Å². The van der Waals surface area contributed by atoms with Crippen LogP contribution in [0, 0.1) is 24.0 Å². The molecule has 2 heterocycles. The molecular weight excluding hydrogens is 418 g/mol. The molecular formula is C25H29N5O3. The Labute approximate surface area is 194 Å². The molecule has 1 aliphatic heterocycles. The lowest BCUT2D eigenvalue weighted by atomic mass is 10.0. The number of aromatic nitrogens is 2. The molecule has 0 saturated carbocycles. The highest BCUT2D eigenvalue weighted by atomic mass is 16.6. The maximum atomic E-state index is 12.0. The lowest BCUT2D eigenvalue weighted by Gasteiger charge is -2.37. The van der Waals surface area contributed by atoms with Crippen LogP contribution in [0.4, 0.5) is 17.2 Å². The number of ether oxygens (including phenoxy) is 1. The van der Waals surface area contributed by atoms with Crippen molar-refractivity contribution in [2.45, 2.75) is 33.6 Å². The molecule has 1 aromatic heterocycles. The van der Waals surface area contributed by atoms with Crippen molar-refractivity contribution >= 4 is 17.2 Å². The van der Waals surface area contributed by atoms with Crippen molar-refractivity contribution in [1.82, 2.24) is 9.97 Å². The molecule has 1 fully saturated rings. The third-order valence-electron chi connectivity index (χ3n) is 6.21. The number of nitrogens with zero attached hydrogens (tertiary/aromatic N) is 5. The van der Waals surface area contributed by atoms with Gasteiger partial charge in [-0.05, 0) is 54.7 Å². The predicted molar refractivity (Wildman–Crippen MR) is 130 cm³/mol. The van der Waals surface area contributed by atoms with Gasteiger partial charge < -0.3 is 14.5 Å². The van der Waals surface area contributed by atoms with Gasteiger partial charge in [-0.2, -0.15) is 4.98 Å². The molecule has 172 valence electrons. The van der Waals surface area contributed by atoms with Crippen LogP contribution in [0.3, 0.4) is 0 Å². The SMILES string of the molecule is Cc1cccc(N2CCN(c3ncnc(Oc4ccc(C(C)C)cc4)c3[N+](=O)[O-])CC2)c1C. The molecule has 1 aliphatic rings. The zero-order chi connectivity index (χ0) is 23.5. The standard InChI is InChI=1S/C25H29N5O3/c1-17(2)20-8-10-21(11-9-20)33-25-23(30(31)32)24(26-16-27-25)29-14-12-28(13-15-29)22-7-5-6-18(3)19(22)4/h5-11,16-17H,12-15H2,1-4H3. The molecule has 33 heavy (non-hydrogen) atoms. The number of rotatable bonds is 6. The van der Waals surface area contributed by atoms with Crippen molar-refractivity contribution < 1.29 is 9.66 Å². The molecule has 1 saturated heterocycles. The van der Waals surface area contributed by atoms with E-state index in [-0.39, 0.29) is 11.6 Å². The average Bonchev–Trinajstić information content (AvgIpc) is 2.81. The summed E-state index contributed by atoms with van der Waals surface area (Å²) in [6.07, 6.45) is 1.33. The first kappa shape index (κ1) is 22.5. The monoisotopic (exact) mass is 447 g/mol. The van der Waals surface area contributed by atoms with E-state index in [0.717, 1.165) is 13.1 Å². The van der Waals surface area contributed by atoms with Gasteiger partial charge in [0.2, 0.25) is 5.82 Å². The summed E-state index contributed by atoms with van der Waals surface area (Å²) in [6, 6.07) is 13.8. The second-order valence-electron chi connectivity index (χ2n) is 8.63. The van der Waals surface area contributed by atoms with Crippen LogP contribution in [0.25, 0.3) is 0 Å². The van der Waals surface area contributed by atoms with Gasteiger partial charge in [-0.1, -0.05) is 38.1 Å². The molecule has 8 heteroatoms. The van der Waals surface area contributed by atoms with Gasteiger partial charge in [0.05, 0.1) is 4.92 Å². The number of piperazine rings is 1. The van der Waals surface area contributed by atoms with Gasteiger partial charge in [0.1, 0.15) is 12.1 Å². The summed E-state index contributed by atoms with van der Waals surface area (Å²) in [5.74, 6) is 1.15. The van der Waals surface area contributed by atoms with Gasteiger partial charge in [0.25, 0.3) is 0 Å². The maximum Gasteiger partial charge on any atom is 0.373 e. The molecule has 0 radical (unpaired) electrons. The van der Waals surface area contributed by atoms with Crippen molar-refractivity contribution in [1.29, 1.82) is 0 Å². The number of anilines is 2. The zero-order valence-electron chi connectivity index (χ0n) is 19.5. The molecule has 4 rings (SSSR count). The Morgan fingerprint density at radius 1 is 0.970 bits per heavy atom. The number of hydrogen-bond donors (Lipinski definition) is 0. The Kier molecular flexibility index (Phi) is 6.44. The van der Waals surface area contributed by atoms with E-state index < -0.39 is 4.92 Å². The lowest BCUT2D eigenvalue weighted by molar-refractivity contribution is -0.385. The second-order valence-corrected chi connectivity index (χ2v) is 8.63. The quantitative estimate of drug-likeness (QED) is 0.377. The Balaban J connectivity index is 1.55.